The molecule has 1 saturated carbocycles. The molecule has 4 nitrogen and oxygen atoms in total. The molecule has 15 heavy (non-hydrogen) atoms. The lowest BCUT2D eigenvalue weighted by Crippen LogP contribution is -2.27. The van der Waals surface area contributed by atoms with Crippen molar-refractivity contribution in [2.24, 2.45) is 11.7 Å². The molecule has 0 saturated heterocycles. The summed E-state index contributed by atoms with van der Waals surface area (Å²) >= 11 is 0. The van der Waals surface area contributed by atoms with Crippen molar-refractivity contribution in [3.63, 3.8) is 0 Å². The van der Waals surface area contributed by atoms with E-state index in [0.717, 1.165) is 30.6 Å². The van der Waals surface area contributed by atoms with E-state index in [0.29, 0.717) is 6.54 Å². The van der Waals surface area contributed by atoms with Crippen molar-refractivity contribution >= 4 is 5.95 Å². The Bertz CT molecular complexity index is 322. The third-order valence-electron chi connectivity index (χ3n) is 2.75. The van der Waals surface area contributed by atoms with Gasteiger partial charge < -0.3 is 10.6 Å². The average Bonchev–Trinajstić information content (AvgIpc) is 3.10. The average molecular weight is 206 g/mol. The summed E-state index contributed by atoms with van der Waals surface area (Å²) < 4.78 is 0. The Kier molecular flexibility index (Phi) is 3.16. The lowest BCUT2D eigenvalue weighted by atomic mass is 10.3. The molecule has 1 aliphatic carbocycles. The van der Waals surface area contributed by atoms with Gasteiger partial charge in [0.15, 0.2) is 0 Å². The summed E-state index contributed by atoms with van der Waals surface area (Å²) in [6.07, 6.45) is 4.50. The van der Waals surface area contributed by atoms with Gasteiger partial charge in [0.25, 0.3) is 0 Å². The highest BCUT2D eigenvalue weighted by atomic mass is 15.2. The van der Waals surface area contributed by atoms with Crippen LogP contribution in [0.2, 0.25) is 0 Å². The molecule has 0 unspecified atom stereocenters. The fourth-order valence-electron chi connectivity index (χ4n) is 1.61. The standard InChI is InChI=1S/C11H18N4/c1-2-15(8-9-3-4-9)11-13-6-5-10(7-12)14-11/h5-6,9H,2-4,7-8,12H2,1H3. The van der Waals surface area contributed by atoms with Crippen molar-refractivity contribution in [3.05, 3.63) is 18.0 Å². The van der Waals surface area contributed by atoms with Gasteiger partial charge >= 0.3 is 0 Å². The molecule has 1 fully saturated rings. The Morgan fingerprint density at radius 1 is 1.53 bits per heavy atom. The molecule has 4 heteroatoms. The largest absolute Gasteiger partial charge is 0.341 e. The summed E-state index contributed by atoms with van der Waals surface area (Å²) in [4.78, 5) is 11.0. The first-order valence-corrected chi connectivity index (χ1v) is 5.60. The maximum absolute atomic E-state index is 5.57. The lowest BCUT2D eigenvalue weighted by molar-refractivity contribution is 0.715. The fraction of sp³-hybridized carbons (Fsp3) is 0.636. The van der Waals surface area contributed by atoms with E-state index in [4.69, 9.17) is 5.73 Å². The quantitative estimate of drug-likeness (QED) is 0.785. The summed E-state index contributed by atoms with van der Waals surface area (Å²) in [6, 6.07) is 1.87. The minimum Gasteiger partial charge on any atom is -0.341 e. The Hall–Kier alpha value is -1.16. The highest BCUT2D eigenvalue weighted by molar-refractivity contribution is 5.30. The number of aromatic nitrogens is 2. The first-order chi connectivity index (χ1) is 7.33. The van der Waals surface area contributed by atoms with Crippen LogP contribution >= 0.6 is 0 Å². The Labute approximate surface area is 90.5 Å². The van der Waals surface area contributed by atoms with Gasteiger partial charge in [-0.25, -0.2) is 9.97 Å². The van der Waals surface area contributed by atoms with Crippen molar-refractivity contribution in [1.82, 2.24) is 9.97 Å². The zero-order valence-electron chi connectivity index (χ0n) is 9.19. The first kappa shape index (κ1) is 10.4. The topological polar surface area (TPSA) is 55.0 Å². The van der Waals surface area contributed by atoms with Gasteiger partial charge in [-0.05, 0) is 31.7 Å². The van der Waals surface area contributed by atoms with Gasteiger partial charge in [-0.1, -0.05) is 0 Å². The number of nitrogens with zero attached hydrogens (tertiary/aromatic N) is 3. The molecule has 0 radical (unpaired) electrons. The van der Waals surface area contributed by atoms with E-state index >= 15 is 0 Å². The number of rotatable bonds is 5. The summed E-state index contributed by atoms with van der Waals surface area (Å²) in [5.41, 5.74) is 6.48. The number of nitrogens with two attached hydrogens (primary N) is 1. The van der Waals surface area contributed by atoms with Gasteiger partial charge in [-0.15, -0.1) is 0 Å². The highest BCUT2D eigenvalue weighted by Crippen LogP contribution is 2.30. The molecule has 2 N–H and O–H groups in total. The summed E-state index contributed by atoms with van der Waals surface area (Å²) in [6.45, 7) is 4.67. The summed E-state index contributed by atoms with van der Waals surface area (Å²) in [5, 5.41) is 0. The maximum atomic E-state index is 5.57. The van der Waals surface area contributed by atoms with E-state index in [1.54, 1.807) is 6.20 Å². The zero-order chi connectivity index (χ0) is 10.7. The fourth-order valence-corrected chi connectivity index (χ4v) is 1.61. The minimum absolute atomic E-state index is 0.483. The second-order valence-corrected chi connectivity index (χ2v) is 4.03. The van der Waals surface area contributed by atoms with E-state index in [9.17, 15) is 0 Å². The van der Waals surface area contributed by atoms with Crippen molar-refractivity contribution in [2.45, 2.75) is 26.3 Å². The smallest absolute Gasteiger partial charge is 0.225 e. The van der Waals surface area contributed by atoms with Crippen LogP contribution in [-0.4, -0.2) is 23.1 Å². The second kappa shape index (κ2) is 4.57. The van der Waals surface area contributed by atoms with Crippen LogP contribution in [0.3, 0.4) is 0 Å². The van der Waals surface area contributed by atoms with Gasteiger partial charge in [-0.2, -0.15) is 0 Å². The molecule has 2 rings (SSSR count). The van der Waals surface area contributed by atoms with Gasteiger partial charge in [0.2, 0.25) is 5.95 Å². The molecule has 0 bridgehead atoms. The summed E-state index contributed by atoms with van der Waals surface area (Å²) in [5.74, 6) is 1.68. The number of hydrogen-bond donors (Lipinski definition) is 1. The van der Waals surface area contributed by atoms with Crippen LogP contribution in [0.4, 0.5) is 5.95 Å². The van der Waals surface area contributed by atoms with Gasteiger partial charge in [0.1, 0.15) is 0 Å². The van der Waals surface area contributed by atoms with Gasteiger partial charge in [0, 0.05) is 25.8 Å². The maximum Gasteiger partial charge on any atom is 0.225 e. The molecule has 0 atom stereocenters. The SMILES string of the molecule is CCN(CC1CC1)c1nccc(CN)n1. The van der Waals surface area contributed by atoms with Crippen LogP contribution < -0.4 is 10.6 Å². The molecule has 1 aromatic rings. The van der Waals surface area contributed by atoms with E-state index < -0.39 is 0 Å². The second-order valence-electron chi connectivity index (χ2n) is 4.03. The van der Waals surface area contributed by atoms with Crippen LogP contribution in [0.1, 0.15) is 25.5 Å². The predicted octanol–water partition coefficient (Wildman–Crippen LogP) is 1.17. The lowest BCUT2D eigenvalue weighted by Gasteiger charge is -2.20. The van der Waals surface area contributed by atoms with E-state index in [1.165, 1.54) is 12.8 Å². The molecular weight excluding hydrogens is 188 g/mol. The first-order valence-electron chi connectivity index (χ1n) is 5.60. The van der Waals surface area contributed by atoms with E-state index in [-0.39, 0.29) is 0 Å². The normalized spacial score (nSPS) is 15.3. The molecule has 0 amide bonds. The minimum atomic E-state index is 0.483. The van der Waals surface area contributed by atoms with Crippen LogP contribution in [0, 0.1) is 5.92 Å². The van der Waals surface area contributed by atoms with Gasteiger partial charge in [-0.3, -0.25) is 0 Å². The highest BCUT2D eigenvalue weighted by Gasteiger charge is 2.24. The number of anilines is 1. The van der Waals surface area contributed by atoms with Crippen molar-refractivity contribution in [2.75, 3.05) is 18.0 Å². The predicted molar refractivity (Wildman–Crippen MR) is 60.5 cm³/mol. The van der Waals surface area contributed by atoms with Crippen LogP contribution in [0.25, 0.3) is 0 Å². The van der Waals surface area contributed by atoms with E-state index in [2.05, 4.69) is 21.8 Å². The Morgan fingerprint density at radius 2 is 2.33 bits per heavy atom. The third kappa shape index (κ3) is 2.65. The van der Waals surface area contributed by atoms with Crippen LogP contribution in [-0.2, 0) is 6.54 Å². The Balaban J connectivity index is 2.09. The molecule has 0 aliphatic heterocycles. The van der Waals surface area contributed by atoms with Crippen LogP contribution in [0.5, 0.6) is 0 Å². The molecule has 1 aromatic heterocycles. The van der Waals surface area contributed by atoms with Crippen molar-refractivity contribution < 1.29 is 0 Å². The number of hydrogen-bond acceptors (Lipinski definition) is 4. The molecule has 1 heterocycles. The van der Waals surface area contributed by atoms with Crippen molar-refractivity contribution in [3.8, 4) is 0 Å². The molecule has 82 valence electrons. The van der Waals surface area contributed by atoms with E-state index in [1.807, 2.05) is 6.07 Å². The molecule has 0 spiro atoms. The van der Waals surface area contributed by atoms with Crippen LogP contribution in [0.15, 0.2) is 12.3 Å². The third-order valence-corrected chi connectivity index (χ3v) is 2.75. The molecule has 0 aromatic carbocycles. The zero-order valence-corrected chi connectivity index (χ0v) is 9.19. The molecular formula is C11H18N4. The van der Waals surface area contributed by atoms with Crippen molar-refractivity contribution in [1.29, 1.82) is 0 Å². The van der Waals surface area contributed by atoms with Gasteiger partial charge in [0.05, 0.1) is 5.69 Å². The summed E-state index contributed by atoms with van der Waals surface area (Å²) in [7, 11) is 0. The monoisotopic (exact) mass is 206 g/mol. The Morgan fingerprint density at radius 3 is 2.93 bits per heavy atom. The molecule has 1 aliphatic rings.